The molecule has 0 spiro atoms. The molecule has 0 aromatic heterocycles. The lowest BCUT2D eigenvalue weighted by molar-refractivity contribution is 0.0779. The first kappa shape index (κ1) is 12.1. The third-order valence-electron chi connectivity index (χ3n) is 3.45. The Morgan fingerprint density at radius 3 is 1.47 bits per heavy atom. The Kier molecular flexibility index (Phi) is 3.68. The zero-order valence-corrected chi connectivity index (χ0v) is 10.9. The summed E-state index contributed by atoms with van der Waals surface area (Å²) < 4.78 is 12.1. The second kappa shape index (κ2) is 5.79. The maximum Gasteiger partial charge on any atom is 0.135 e. The highest BCUT2D eigenvalue weighted by atomic mass is 16.5. The van der Waals surface area contributed by atoms with E-state index < -0.39 is 0 Å². The van der Waals surface area contributed by atoms with E-state index in [1.165, 1.54) is 0 Å². The molecule has 0 radical (unpaired) electrons. The molecular formula is C17H18O2. The fourth-order valence-corrected chi connectivity index (χ4v) is 2.51. The van der Waals surface area contributed by atoms with E-state index in [2.05, 4.69) is 0 Å². The van der Waals surface area contributed by atoms with Crippen LogP contribution < -0.4 is 9.47 Å². The Bertz CT molecular complexity index is 448. The highest BCUT2D eigenvalue weighted by Gasteiger charge is 2.30. The van der Waals surface area contributed by atoms with Crippen molar-refractivity contribution in [2.75, 3.05) is 0 Å². The Hall–Kier alpha value is -1.96. The SMILES string of the molecule is c1ccc(OC2CCCC2Oc2ccccc2)cc1. The molecule has 98 valence electrons. The summed E-state index contributed by atoms with van der Waals surface area (Å²) in [5.74, 6) is 1.85. The third-order valence-corrected chi connectivity index (χ3v) is 3.45. The van der Waals surface area contributed by atoms with E-state index in [-0.39, 0.29) is 12.2 Å². The highest BCUT2D eigenvalue weighted by molar-refractivity contribution is 5.23. The van der Waals surface area contributed by atoms with Crippen molar-refractivity contribution in [1.29, 1.82) is 0 Å². The first-order valence-electron chi connectivity index (χ1n) is 6.85. The Morgan fingerprint density at radius 2 is 1.05 bits per heavy atom. The smallest absolute Gasteiger partial charge is 0.135 e. The second-order valence-electron chi connectivity index (χ2n) is 4.87. The van der Waals surface area contributed by atoms with Crippen molar-refractivity contribution >= 4 is 0 Å². The normalized spacial score (nSPS) is 22.1. The molecule has 1 fully saturated rings. The molecule has 2 atom stereocenters. The van der Waals surface area contributed by atoms with Crippen molar-refractivity contribution in [1.82, 2.24) is 0 Å². The van der Waals surface area contributed by atoms with Gasteiger partial charge in [0.25, 0.3) is 0 Å². The number of benzene rings is 2. The van der Waals surface area contributed by atoms with Gasteiger partial charge in [-0.2, -0.15) is 0 Å². The molecule has 1 saturated carbocycles. The first-order chi connectivity index (χ1) is 9.42. The molecule has 2 heteroatoms. The van der Waals surface area contributed by atoms with Crippen LogP contribution in [0.25, 0.3) is 0 Å². The molecule has 0 N–H and O–H groups in total. The van der Waals surface area contributed by atoms with Crippen molar-refractivity contribution in [2.24, 2.45) is 0 Å². The van der Waals surface area contributed by atoms with Crippen LogP contribution in [0, 0.1) is 0 Å². The van der Waals surface area contributed by atoms with Crippen molar-refractivity contribution in [2.45, 2.75) is 31.5 Å². The zero-order chi connectivity index (χ0) is 12.9. The molecule has 2 aromatic carbocycles. The molecular weight excluding hydrogens is 236 g/mol. The maximum absolute atomic E-state index is 6.04. The van der Waals surface area contributed by atoms with E-state index >= 15 is 0 Å². The van der Waals surface area contributed by atoms with Gasteiger partial charge < -0.3 is 9.47 Å². The van der Waals surface area contributed by atoms with Crippen LogP contribution in [0.3, 0.4) is 0 Å². The molecule has 1 aliphatic carbocycles. The molecule has 2 nitrogen and oxygen atoms in total. The van der Waals surface area contributed by atoms with E-state index in [1.807, 2.05) is 60.7 Å². The molecule has 0 amide bonds. The molecule has 2 aromatic rings. The van der Waals surface area contributed by atoms with Crippen molar-refractivity contribution in [3.8, 4) is 11.5 Å². The van der Waals surface area contributed by atoms with Gasteiger partial charge in [0.1, 0.15) is 23.7 Å². The van der Waals surface area contributed by atoms with Gasteiger partial charge in [-0.1, -0.05) is 36.4 Å². The number of para-hydroxylation sites is 2. The summed E-state index contributed by atoms with van der Waals surface area (Å²) in [6.45, 7) is 0. The van der Waals surface area contributed by atoms with Gasteiger partial charge in [0, 0.05) is 0 Å². The van der Waals surface area contributed by atoms with Gasteiger partial charge >= 0.3 is 0 Å². The Morgan fingerprint density at radius 1 is 0.632 bits per heavy atom. The fraction of sp³-hybridized carbons (Fsp3) is 0.294. The molecule has 19 heavy (non-hydrogen) atoms. The van der Waals surface area contributed by atoms with E-state index in [4.69, 9.17) is 9.47 Å². The average Bonchev–Trinajstić information content (AvgIpc) is 2.88. The summed E-state index contributed by atoms with van der Waals surface area (Å²) in [6.07, 6.45) is 3.60. The molecule has 0 bridgehead atoms. The van der Waals surface area contributed by atoms with Crippen LogP contribution in [0.2, 0.25) is 0 Å². The van der Waals surface area contributed by atoms with Crippen LogP contribution in [-0.2, 0) is 0 Å². The lowest BCUT2D eigenvalue weighted by atomic mass is 10.2. The minimum Gasteiger partial charge on any atom is -0.487 e. The second-order valence-corrected chi connectivity index (χ2v) is 4.87. The Labute approximate surface area is 114 Å². The van der Waals surface area contributed by atoms with E-state index in [9.17, 15) is 0 Å². The van der Waals surface area contributed by atoms with Crippen molar-refractivity contribution < 1.29 is 9.47 Å². The predicted molar refractivity (Wildman–Crippen MR) is 75.6 cm³/mol. The van der Waals surface area contributed by atoms with Crippen LogP contribution >= 0.6 is 0 Å². The van der Waals surface area contributed by atoms with Crippen molar-refractivity contribution in [3.05, 3.63) is 60.7 Å². The summed E-state index contributed by atoms with van der Waals surface area (Å²) in [5, 5.41) is 0. The van der Waals surface area contributed by atoms with Gasteiger partial charge in [-0.3, -0.25) is 0 Å². The zero-order valence-electron chi connectivity index (χ0n) is 10.9. The summed E-state index contributed by atoms with van der Waals surface area (Å²) in [6, 6.07) is 20.0. The molecule has 2 unspecified atom stereocenters. The Balaban J connectivity index is 1.65. The van der Waals surface area contributed by atoms with Gasteiger partial charge in [0.2, 0.25) is 0 Å². The summed E-state index contributed by atoms with van der Waals surface area (Å²) >= 11 is 0. The largest absolute Gasteiger partial charge is 0.487 e. The van der Waals surface area contributed by atoms with Gasteiger partial charge in [-0.25, -0.2) is 0 Å². The predicted octanol–water partition coefficient (Wildman–Crippen LogP) is 4.07. The van der Waals surface area contributed by atoms with E-state index in [0.29, 0.717) is 0 Å². The van der Waals surface area contributed by atoms with Crippen LogP contribution in [0.5, 0.6) is 11.5 Å². The topological polar surface area (TPSA) is 18.5 Å². The highest BCUT2D eigenvalue weighted by Crippen LogP contribution is 2.28. The number of hydrogen-bond donors (Lipinski definition) is 0. The quantitative estimate of drug-likeness (QED) is 0.819. The molecule has 1 aliphatic rings. The summed E-state index contributed by atoms with van der Waals surface area (Å²) in [7, 11) is 0. The van der Waals surface area contributed by atoms with Crippen molar-refractivity contribution in [3.63, 3.8) is 0 Å². The number of hydrogen-bond acceptors (Lipinski definition) is 2. The van der Waals surface area contributed by atoms with Gasteiger partial charge in [0.15, 0.2) is 0 Å². The van der Waals surface area contributed by atoms with Crippen LogP contribution in [-0.4, -0.2) is 12.2 Å². The standard InChI is InChI=1S/C17H18O2/c1-3-8-14(9-4-1)18-16-12-7-13-17(16)19-15-10-5-2-6-11-15/h1-6,8-11,16-17H,7,12-13H2. The molecule has 3 rings (SSSR count). The lowest BCUT2D eigenvalue weighted by Gasteiger charge is -2.22. The number of ether oxygens (including phenoxy) is 2. The monoisotopic (exact) mass is 254 g/mol. The number of rotatable bonds is 4. The minimum absolute atomic E-state index is 0.155. The van der Waals surface area contributed by atoms with Crippen LogP contribution in [0.1, 0.15) is 19.3 Å². The summed E-state index contributed by atoms with van der Waals surface area (Å²) in [4.78, 5) is 0. The van der Waals surface area contributed by atoms with Crippen LogP contribution in [0.4, 0.5) is 0 Å². The van der Waals surface area contributed by atoms with Gasteiger partial charge in [0.05, 0.1) is 0 Å². The maximum atomic E-state index is 6.04. The average molecular weight is 254 g/mol. The molecule has 0 saturated heterocycles. The third kappa shape index (κ3) is 3.08. The van der Waals surface area contributed by atoms with Gasteiger partial charge in [-0.05, 0) is 43.5 Å². The summed E-state index contributed by atoms with van der Waals surface area (Å²) in [5.41, 5.74) is 0. The van der Waals surface area contributed by atoms with E-state index in [1.54, 1.807) is 0 Å². The first-order valence-corrected chi connectivity index (χ1v) is 6.85. The molecule has 0 heterocycles. The minimum atomic E-state index is 0.155. The lowest BCUT2D eigenvalue weighted by Crippen LogP contribution is -2.31. The fourth-order valence-electron chi connectivity index (χ4n) is 2.51. The molecule has 0 aliphatic heterocycles. The van der Waals surface area contributed by atoms with Crippen LogP contribution in [0.15, 0.2) is 60.7 Å². The van der Waals surface area contributed by atoms with Gasteiger partial charge in [-0.15, -0.1) is 0 Å². The van der Waals surface area contributed by atoms with E-state index in [0.717, 1.165) is 30.8 Å².